The van der Waals surface area contributed by atoms with Crippen molar-refractivity contribution in [2.75, 3.05) is 11.9 Å². The average molecular weight is 235 g/mol. The third kappa shape index (κ3) is 2.38. The number of rotatable bonds is 4. The van der Waals surface area contributed by atoms with E-state index in [0.717, 1.165) is 12.8 Å². The quantitative estimate of drug-likeness (QED) is 0.863. The summed E-state index contributed by atoms with van der Waals surface area (Å²) in [7, 11) is 1.90. The molecule has 1 aliphatic rings. The highest BCUT2D eigenvalue weighted by atomic mass is 16.4. The van der Waals surface area contributed by atoms with Gasteiger partial charge in [-0.2, -0.15) is 0 Å². The summed E-state index contributed by atoms with van der Waals surface area (Å²) in [6.45, 7) is 3.90. The zero-order valence-corrected chi connectivity index (χ0v) is 10.3. The minimum atomic E-state index is -0.989. The van der Waals surface area contributed by atoms with Crippen molar-refractivity contribution in [2.24, 2.45) is 0 Å². The van der Waals surface area contributed by atoms with E-state index < -0.39 is 5.97 Å². The number of anilines is 1. The Balaban J connectivity index is 2.40. The van der Waals surface area contributed by atoms with Gasteiger partial charge in [0.2, 0.25) is 0 Å². The first-order chi connectivity index (χ1) is 8.00. The van der Waals surface area contributed by atoms with Crippen molar-refractivity contribution < 1.29 is 9.90 Å². The van der Waals surface area contributed by atoms with E-state index in [1.54, 1.807) is 6.20 Å². The summed E-state index contributed by atoms with van der Waals surface area (Å²) in [5.41, 5.74) is 0.725. The smallest absolute Gasteiger partial charge is 0.356 e. The molecule has 0 saturated heterocycles. The lowest BCUT2D eigenvalue weighted by Crippen LogP contribution is -2.23. The maximum Gasteiger partial charge on any atom is 0.356 e. The molecular weight excluding hydrogens is 218 g/mol. The van der Waals surface area contributed by atoms with Crippen LogP contribution in [0.15, 0.2) is 6.20 Å². The van der Waals surface area contributed by atoms with Gasteiger partial charge in [-0.05, 0) is 12.8 Å². The summed E-state index contributed by atoms with van der Waals surface area (Å²) < 4.78 is 0. The number of hydrogen-bond donors (Lipinski definition) is 1. The molecule has 5 nitrogen and oxygen atoms in total. The van der Waals surface area contributed by atoms with Crippen LogP contribution in [-0.2, 0) is 0 Å². The summed E-state index contributed by atoms with van der Waals surface area (Å²) in [4.78, 5) is 21.6. The van der Waals surface area contributed by atoms with Crippen molar-refractivity contribution in [2.45, 2.75) is 38.6 Å². The minimum Gasteiger partial charge on any atom is -0.476 e. The minimum absolute atomic E-state index is 0.109. The van der Waals surface area contributed by atoms with Gasteiger partial charge < -0.3 is 10.0 Å². The summed E-state index contributed by atoms with van der Waals surface area (Å²) in [6.07, 6.45) is 3.85. The first-order valence-electron chi connectivity index (χ1n) is 5.83. The maximum absolute atomic E-state index is 11.2. The second kappa shape index (κ2) is 4.31. The maximum atomic E-state index is 11.2. The molecule has 0 aromatic carbocycles. The van der Waals surface area contributed by atoms with Crippen molar-refractivity contribution >= 4 is 11.7 Å². The molecule has 1 aromatic heterocycles. The Hall–Kier alpha value is -1.65. The monoisotopic (exact) mass is 235 g/mol. The van der Waals surface area contributed by atoms with Crippen molar-refractivity contribution in [3.05, 3.63) is 17.7 Å². The van der Waals surface area contributed by atoms with Crippen LogP contribution in [0, 0.1) is 0 Å². The Labute approximate surface area is 100 Å². The van der Waals surface area contributed by atoms with Crippen molar-refractivity contribution in [3.8, 4) is 0 Å². The van der Waals surface area contributed by atoms with Crippen LogP contribution < -0.4 is 4.90 Å². The van der Waals surface area contributed by atoms with Crippen LogP contribution in [0.5, 0.6) is 0 Å². The zero-order valence-electron chi connectivity index (χ0n) is 10.3. The Morgan fingerprint density at radius 1 is 1.53 bits per heavy atom. The number of hydrogen-bond acceptors (Lipinski definition) is 4. The molecule has 0 aliphatic heterocycles. The highest BCUT2D eigenvalue weighted by molar-refractivity contribution is 5.92. The van der Waals surface area contributed by atoms with Gasteiger partial charge >= 0.3 is 5.97 Å². The lowest BCUT2D eigenvalue weighted by molar-refractivity contribution is 0.0690. The summed E-state index contributed by atoms with van der Waals surface area (Å²) >= 11 is 0. The Morgan fingerprint density at radius 3 is 2.65 bits per heavy atom. The van der Waals surface area contributed by atoms with Gasteiger partial charge in [0.15, 0.2) is 5.69 Å². The van der Waals surface area contributed by atoms with Crippen LogP contribution in [0.4, 0.5) is 5.69 Å². The largest absolute Gasteiger partial charge is 0.476 e. The molecule has 17 heavy (non-hydrogen) atoms. The van der Waals surface area contributed by atoms with E-state index in [1.807, 2.05) is 25.8 Å². The molecule has 1 heterocycles. The lowest BCUT2D eigenvalue weighted by atomic mass is 10.2. The highest BCUT2D eigenvalue weighted by Gasteiger charge is 2.30. The number of aromatic nitrogens is 2. The first-order valence-corrected chi connectivity index (χ1v) is 5.83. The van der Waals surface area contributed by atoms with Crippen LogP contribution >= 0.6 is 0 Å². The SMILES string of the molecule is CC(C)c1ncc(N(C)C2CC2)c(C(=O)O)n1. The molecule has 1 fully saturated rings. The molecule has 0 unspecified atom stereocenters. The second-order valence-corrected chi connectivity index (χ2v) is 4.76. The molecule has 1 saturated carbocycles. The van der Waals surface area contributed by atoms with E-state index in [1.165, 1.54) is 0 Å². The number of nitrogens with zero attached hydrogens (tertiary/aromatic N) is 3. The Bertz CT molecular complexity index is 441. The van der Waals surface area contributed by atoms with E-state index in [-0.39, 0.29) is 11.6 Å². The zero-order chi connectivity index (χ0) is 12.6. The third-order valence-corrected chi connectivity index (χ3v) is 2.98. The molecule has 1 aliphatic carbocycles. The standard InChI is InChI=1S/C12H17N3O2/c1-7(2)11-13-6-9(10(14-11)12(16)17)15(3)8-4-5-8/h6-8H,4-5H2,1-3H3,(H,16,17). The summed E-state index contributed by atoms with van der Waals surface area (Å²) in [5.74, 6) is -0.277. The van der Waals surface area contributed by atoms with E-state index in [2.05, 4.69) is 9.97 Å². The van der Waals surface area contributed by atoms with Gasteiger partial charge in [0.05, 0.1) is 11.9 Å². The predicted octanol–water partition coefficient (Wildman–Crippen LogP) is 1.90. The fourth-order valence-corrected chi connectivity index (χ4v) is 1.74. The molecule has 0 amide bonds. The van der Waals surface area contributed by atoms with Crippen LogP contribution in [0.1, 0.15) is 48.9 Å². The van der Waals surface area contributed by atoms with Gasteiger partial charge in [-0.3, -0.25) is 0 Å². The van der Waals surface area contributed by atoms with Gasteiger partial charge in [-0.1, -0.05) is 13.8 Å². The molecule has 5 heteroatoms. The average Bonchev–Trinajstić information content (AvgIpc) is 3.10. The number of carbonyl (C=O) groups is 1. The van der Waals surface area contributed by atoms with Gasteiger partial charge in [0.1, 0.15) is 5.82 Å². The van der Waals surface area contributed by atoms with Crippen molar-refractivity contribution in [3.63, 3.8) is 0 Å². The van der Waals surface area contributed by atoms with Gasteiger partial charge in [0.25, 0.3) is 0 Å². The lowest BCUT2D eigenvalue weighted by Gasteiger charge is -2.20. The van der Waals surface area contributed by atoms with E-state index in [9.17, 15) is 9.90 Å². The van der Waals surface area contributed by atoms with Gasteiger partial charge in [0, 0.05) is 19.0 Å². The molecule has 0 spiro atoms. The highest BCUT2D eigenvalue weighted by Crippen LogP contribution is 2.31. The van der Waals surface area contributed by atoms with Gasteiger partial charge in [-0.15, -0.1) is 0 Å². The summed E-state index contributed by atoms with van der Waals surface area (Å²) in [5, 5.41) is 9.21. The number of carboxylic acids is 1. The van der Waals surface area contributed by atoms with Crippen LogP contribution in [0.3, 0.4) is 0 Å². The molecule has 1 N–H and O–H groups in total. The fourth-order valence-electron chi connectivity index (χ4n) is 1.74. The van der Waals surface area contributed by atoms with Crippen LogP contribution in [0.2, 0.25) is 0 Å². The molecule has 0 bridgehead atoms. The molecule has 1 aromatic rings. The van der Waals surface area contributed by atoms with Crippen molar-refractivity contribution in [1.82, 2.24) is 9.97 Å². The molecular formula is C12H17N3O2. The van der Waals surface area contributed by atoms with E-state index in [4.69, 9.17) is 0 Å². The number of carboxylic acid groups (broad SMARTS) is 1. The van der Waals surface area contributed by atoms with Gasteiger partial charge in [-0.25, -0.2) is 14.8 Å². The normalized spacial score (nSPS) is 15.1. The van der Waals surface area contributed by atoms with Crippen LogP contribution in [0.25, 0.3) is 0 Å². The topological polar surface area (TPSA) is 66.3 Å². The van der Waals surface area contributed by atoms with E-state index >= 15 is 0 Å². The molecule has 0 radical (unpaired) electrons. The molecule has 92 valence electrons. The Kier molecular flexibility index (Phi) is 3.00. The third-order valence-electron chi connectivity index (χ3n) is 2.98. The molecule has 0 atom stereocenters. The molecule has 2 rings (SSSR count). The number of aromatic carboxylic acids is 1. The second-order valence-electron chi connectivity index (χ2n) is 4.76. The first kappa shape index (κ1) is 11.8. The summed E-state index contributed by atoms with van der Waals surface area (Å²) in [6, 6.07) is 0.446. The fraction of sp³-hybridized carbons (Fsp3) is 0.583. The Morgan fingerprint density at radius 2 is 2.18 bits per heavy atom. The van der Waals surface area contributed by atoms with Crippen LogP contribution in [-0.4, -0.2) is 34.1 Å². The van der Waals surface area contributed by atoms with Crippen molar-refractivity contribution in [1.29, 1.82) is 0 Å². The van der Waals surface area contributed by atoms with E-state index in [0.29, 0.717) is 17.6 Å². The predicted molar refractivity (Wildman–Crippen MR) is 64.5 cm³/mol.